The molecule has 28 heavy (non-hydrogen) atoms. The number of carbonyl (C=O) groups is 1. The Labute approximate surface area is 158 Å². The van der Waals surface area contributed by atoms with Crippen molar-refractivity contribution in [2.45, 2.75) is 6.18 Å². The van der Waals surface area contributed by atoms with Gasteiger partial charge < -0.3 is 15.4 Å². The molecular weight excluding hydrogens is 373 g/mol. The van der Waals surface area contributed by atoms with Gasteiger partial charge in [0.25, 0.3) is 0 Å². The van der Waals surface area contributed by atoms with E-state index in [2.05, 4.69) is 20.6 Å². The van der Waals surface area contributed by atoms with Crippen molar-refractivity contribution in [3.63, 3.8) is 0 Å². The molecule has 0 atom stereocenters. The van der Waals surface area contributed by atoms with Gasteiger partial charge in [-0.3, -0.25) is 0 Å². The van der Waals surface area contributed by atoms with Gasteiger partial charge in [-0.05, 0) is 42.5 Å². The number of nitrogens with zero attached hydrogens (tertiary/aromatic N) is 2. The summed E-state index contributed by atoms with van der Waals surface area (Å²) < 4.78 is 42.7. The van der Waals surface area contributed by atoms with Gasteiger partial charge in [-0.15, -0.1) is 0 Å². The fourth-order valence-corrected chi connectivity index (χ4v) is 2.38. The van der Waals surface area contributed by atoms with E-state index in [0.29, 0.717) is 22.8 Å². The van der Waals surface area contributed by atoms with Crippen LogP contribution in [0.3, 0.4) is 0 Å². The van der Waals surface area contributed by atoms with Crippen molar-refractivity contribution < 1.29 is 22.7 Å². The summed E-state index contributed by atoms with van der Waals surface area (Å²) in [7, 11) is 1.28. The average molecular weight is 388 g/mol. The molecule has 6 nitrogen and oxygen atoms in total. The van der Waals surface area contributed by atoms with Crippen molar-refractivity contribution in [2.75, 3.05) is 17.7 Å². The number of aromatic nitrogens is 2. The highest BCUT2D eigenvalue weighted by atomic mass is 19.4. The molecule has 0 saturated heterocycles. The normalized spacial score (nSPS) is 11.0. The van der Waals surface area contributed by atoms with Crippen LogP contribution >= 0.6 is 0 Å². The first-order valence-corrected chi connectivity index (χ1v) is 8.08. The van der Waals surface area contributed by atoms with Gasteiger partial charge in [-0.2, -0.15) is 18.2 Å². The topological polar surface area (TPSA) is 76.1 Å². The molecule has 2 aromatic carbocycles. The monoisotopic (exact) mass is 388 g/mol. The van der Waals surface area contributed by atoms with E-state index in [-0.39, 0.29) is 5.95 Å². The largest absolute Gasteiger partial charge is 0.465 e. The highest BCUT2D eigenvalue weighted by Crippen LogP contribution is 2.30. The van der Waals surface area contributed by atoms with Crippen LogP contribution in [0.4, 0.5) is 36.3 Å². The predicted molar refractivity (Wildman–Crippen MR) is 97.8 cm³/mol. The summed E-state index contributed by atoms with van der Waals surface area (Å²) in [6.45, 7) is 0. The number of esters is 1. The predicted octanol–water partition coefficient (Wildman–Crippen LogP) is 4.77. The molecule has 0 spiro atoms. The Kier molecular flexibility index (Phi) is 5.44. The standard InChI is InChI=1S/C19H15F3N4O2/c1-28-17(27)14-4-2-3-5-15(14)25-18-23-11-10-16(26-18)24-13-8-6-12(7-9-13)19(20,21)22/h2-11H,1H3,(H2,23,24,25,26). The number of hydrogen-bond acceptors (Lipinski definition) is 6. The molecule has 0 aliphatic heterocycles. The second-order valence-electron chi connectivity index (χ2n) is 5.63. The van der Waals surface area contributed by atoms with Crippen LogP contribution < -0.4 is 10.6 Å². The molecule has 2 N–H and O–H groups in total. The maximum Gasteiger partial charge on any atom is 0.416 e. The molecular formula is C19H15F3N4O2. The first-order chi connectivity index (χ1) is 13.4. The lowest BCUT2D eigenvalue weighted by Gasteiger charge is -2.11. The second-order valence-corrected chi connectivity index (χ2v) is 5.63. The van der Waals surface area contributed by atoms with E-state index in [9.17, 15) is 18.0 Å². The molecule has 9 heteroatoms. The molecule has 0 saturated carbocycles. The van der Waals surface area contributed by atoms with E-state index in [4.69, 9.17) is 4.74 Å². The van der Waals surface area contributed by atoms with E-state index >= 15 is 0 Å². The highest BCUT2D eigenvalue weighted by molar-refractivity contribution is 5.96. The van der Waals surface area contributed by atoms with Crippen LogP contribution in [0.2, 0.25) is 0 Å². The lowest BCUT2D eigenvalue weighted by Crippen LogP contribution is -2.07. The third kappa shape index (κ3) is 4.56. The third-order valence-corrected chi connectivity index (χ3v) is 3.72. The van der Waals surface area contributed by atoms with Gasteiger partial charge in [0.15, 0.2) is 0 Å². The lowest BCUT2D eigenvalue weighted by molar-refractivity contribution is -0.137. The Morgan fingerprint density at radius 1 is 1.00 bits per heavy atom. The number of hydrogen-bond donors (Lipinski definition) is 2. The number of halogens is 3. The highest BCUT2D eigenvalue weighted by Gasteiger charge is 2.29. The Bertz CT molecular complexity index is 975. The molecule has 1 aromatic heterocycles. The van der Waals surface area contributed by atoms with E-state index in [1.54, 1.807) is 30.3 Å². The summed E-state index contributed by atoms with van der Waals surface area (Å²) in [5.41, 5.74) is 0.478. The second kappa shape index (κ2) is 7.95. The van der Waals surface area contributed by atoms with Crippen LogP contribution in [0, 0.1) is 0 Å². The van der Waals surface area contributed by atoms with E-state index in [0.717, 1.165) is 12.1 Å². The minimum atomic E-state index is -4.39. The Hall–Kier alpha value is -3.62. The van der Waals surface area contributed by atoms with Gasteiger partial charge in [0.2, 0.25) is 5.95 Å². The smallest absolute Gasteiger partial charge is 0.416 e. The van der Waals surface area contributed by atoms with Crippen LogP contribution in [0.5, 0.6) is 0 Å². The van der Waals surface area contributed by atoms with Gasteiger partial charge in [0.1, 0.15) is 5.82 Å². The number of nitrogens with one attached hydrogen (secondary N) is 2. The van der Waals surface area contributed by atoms with Crippen molar-refractivity contribution in [1.29, 1.82) is 0 Å². The summed E-state index contributed by atoms with van der Waals surface area (Å²) >= 11 is 0. The van der Waals surface area contributed by atoms with Crippen molar-refractivity contribution >= 4 is 29.1 Å². The molecule has 0 amide bonds. The number of benzene rings is 2. The summed E-state index contributed by atoms with van der Waals surface area (Å²) in [4.78, 5) is 20.2. The molecule has 1 heterocycles. The first kappa shape index (κ1) is 19.2. The van der Waals surface area contributed by atoms with E-state index in [1.165, 1.54) is 25.4 Å². The molecule has 0 radical (unpaired) electrons. The number of anilines is 4. The number of carbonyl (C=O) groups excluding carboxylic acids is 1. The van der Waals surface area contributed by atoms with E-state index in [1.807, 2.05) is 0 Å². The molecule has 0 fully saturated rings. The zero-order valence-corrected chi connectivity index (χ0v) is 14.6. The Morgan fingerprint density at radius 2 is 1.71 bits per heavy atom. The zero-order valence-electron chi connectivity index (χ0n) is 14.6. The minimum Gasteiger partial charge on any atom is -0.465 e. The third-order valence-electron chi connectivity index (χ3n) is 3.72. The van der Waals surface area contributed by atoms with Gasteiger partial charge in [0, 0.05) is 11.9 Å². The van der Waals surface area contributed by atoms with Gasteiger partial charge >= 0.3 is 12.1 Å². The summed E-state index contributed by atoms with van der Waals surface area (Å²) in [5.74, 6) is 0.0585. The van der Waals surface area contributed by atoms with Crippen LogP contribution in [-0.4, -0.2) is 23.0 Å². The fraction of sp³-hybridized carbons (Fsp3) is 0.105. The zero-order chi connectivity index (χ0) is 20.1. The van der Waals surface area contributed by atoms with Crippen LogP contribution in [0.25, 0.3) is 0 Å². The van der Waals surface area contributed by atoms with Crippen LogP contribution in [0.15, 0.2) is 60.8 Å². The van der Waals surface area contributed by atoms with Gasteiger partial charge in [-0.25, -0.2) is 9.78 Å². The number of para-hydroxylation sites is 1. The molecule has 0 unspecified atom stereocenters. The number of alkyl halides is 3. The fourth-order valence-electron chi connectivity index (χ4n) is 2.38. The molecule has 0 aliphatic rings. The number of rotatable bonds is 5. The number of ether oxygens (including phenoxy) is 1. The van der Waals surface area contributed by atoms with Gasteiger partial charge in [-0.1, -0.05) is 12.1 Å². The molecule has 144 valence electrons. The summed E-state index contributed by atoms with van der Waals surface area (Å²) in [6.07, 6.45) is -2.92. The van der Waals surface area contributed by atoms with Crippen molar-refractivity contribution in [3.05, 3.63) is 71.9 Å². The maximum absolute atomic E-state index is 12.6. The van der Waals surface area contributed by atoms with Crippen LogP contribution in [-0.2, 0) is 10.9 Å². The minimum absolute atomic E-state index is 0.202. The Balaban J connectivity index is 1.77. The Morgan fingerprint density at radius 3 is 2.39 bits per heavy atom. The molecule has 3 aromatic rings. The quantitative estimate of drug-likeness (QED) is 0.614. The average Bonchev–Trinajstić information content (AvgIpc) is 2.68. The van der Waals surface area contributed by atoms with E-state index < -0.39 is 17.7 Å². The molecule has 0 bridgehead atoms. The summed E-state index contributed by atoms with van der Waals surface area (Å²) in [6, 6.07) is 12.8. The first-order valence-electron chi connectivity index (χ1n) is 8.08. The molecule has 3 rings (SSSR count). The summed E-state index contributed by atoms with van der Waals surface area (Å²) in [5, 5.41) is 5.84. The van der Waals surface area contributed by atoms with Crippen molar-refractivity contribution in [1.82, 2.24) is 9.97 Å². The van der Waals surface area contributed by atoms with Gasteiger partial charge in [0.05, 0.1) is 23.9 Å². The molecule has 0 aliphatic carbocycles. The van der Waals surface area contributed by atoms with Crippen molar-refractivity contribution in [2.24, 2.45) is 0 Å². The number of methoxy groups -OCH3 is 1. The van der Waals surface area contributed by atoms with Crippen molar-refractivity contribution in [3.8, 4) is 0 Å². The van der Waals surface area contributed by atoms with Crippen LogP contribution in [0.1, 0.15) is 15.9 Å². The lowest BCUT2D eigenvalue weighted by atomic mass is 10.2. The maximum atomic E-state index is 12.6. The SMILES string of the molecule is COC(=O)c1ccccc1Nc1nccc(Nc2ccc(C(F)(F)F)cc2)n1.